The number of hydrogen-bond acceptors (Lipinski definition) is 3. The zero-order chi connectivity index (χ0) is 18.0. The summed E-state index contributed by atoms with van der Waals surface area (Å²) in [5.74, 6) is -0.302. The topological polar surface area (TPSA) is 53.0 Å². The molecule has 0 fully saturated rings. The van der Waals surface area contributed by atoms with Gasteiger partial charge >= 0.3 is 0 Å². The Balaban J connectivity index is 1.89. The lowest BCUT2D eigenvalue weighted by Crippen LogP contribution is -2.40. The van der Waals surface area contributed by atoms with Crippen molar-refractivity contribution in [3.05, 3.63) is 58.6 Å². The van der Waals surface area contributed by atoms with Gasteiger partial charge in [-0.1, -0.05) is 34.1 Å². The highest BCUT2D eigenvalue weighted by Crippen LogP contribution is 2.25. The van der Waals surface area contributed by atoms with Gasteiger partial charge in [-0.3, -0.25) is 9.59 Å². The number of aryl methyl sites for hydroxylation is 1. The number of carbonyl (C=O) groups is 2. The Morgan fingerprint density at radius 3 is 2.56 bits per heavy atom. The summed E-state index contributed by atoms with van der Waals surface area (Å²) >= 11 is 3.43. The van der Waals surface area contributed by atoms with E-state index in [4.69, 9.17) is 0 Å². The monoisotopic (exact) mass is 399 g/mol. The van der Waals surface area contributed by atoms with Crippen LogP contribution in [0.5, 0.6) is 0 Å². The molecule has 2 aromatic rings. The van der Waals surface area contributed by atoms with Gasteiger partial charge in [0.25, 0.3) is 5.91 Å². The molecular formula is C19H18BrN3O2. The summed E-state index contributed by atoms with van der Waals surface area (Å²) in [6.45, 7) is 1.95. The molecule has 6 heteroatoms. The molecule has 2 aromatic carbocycles. The minimum Gasteiger partial charge on any atom is -0.310 e. The fourth-order valence-corrected chi connectivity index (χ4v) is 3.25. The van der Waals surface area contributed by atoms with Crippen LogP contribution in [0.3, 0.4) is 0 Å². The van der Waals surface area contributed by atoms with E-state index in [1.165, 1.54) is 5.01 Å². The predicted molar refractivity (Wildman–Crippen MR) is 103 cm³/mol. The smallest absolute Gasteiger partial charge is 0.274 e. The third-order valence-corrected chi connectivity index (χ3v) is 4.60. The fourth-order valence-electron chi connectivity index (χ4n) is 2.78. The predicted octanol–water partition coefficient (Wildman–Crippen LogP) is 3.90. The Bertz CT molecular complexity index is 849. The Morgan fingerprint density at radius 1 is 1.16 bits per heavy atom. The first kappa shape index (κ1) is 17.4. The van der Waals surface area contributed by atoms with Crippen LogP contribution < -0.4 is 9.91 Å². The second kappa shape index (κ2) is 7.19. The van der Waals surface area contributed by atoms with E-state index in [1.807, 2.05) is 43.3 Å². The van der Waals surface area contributed by atoms with E-state index in [-0.39, 0.29) is 18.2 Å². The molecule has 0 unspecified atom stereocenters. The summed E-state index contributed by atoms with van der Waals surface area (Å²) in [6.07, 6.45) is 0.619. The van der Waals surface area contributed by atoms with Crippen LogP contribution in [0.2, 0.25) is 0 Å². The maximum absolute atomic E-state index is 12.9. The van der Waals surface area contributed by atoms with Gasteiger partial charge < -0.3 is 4.90 Å². The standard InChI is InChI=1S/C19H18BrN3O2/c1-13-12-14(20)8-10-17(13)22(2)19(25)16-9-11-18(24)23(21-16)15-6-4-3-5-7-15/h3-8,10,12H,9,11H2,1-2H3. The van der Waals surface area contributed by atoms with E-state index < -0.39 is 0 Å². The van der Waals surface area contributed by atoms with Gasteiger partial charge in [-0.05, 0) is 42.8 Å². The normalized spacial score (nSPS) is 14.3. The minimum absolute atomic E-state index is 0.106. The van der Waals surface area contributed by atoms with Crippen molar-refractivity contribution < 1.29 is 9.59 Å². The van der Waals surface area contributed by atoms with Crippen molar-refractivity contribution in [3.8, 4) is 0 Å². The number of nitrogens with zero attached hydrogens (tertiary/aromatic N) is 3. The van der Waals surface area contributed by atoms with Gasteiger partial charge in [0, 0.05) is 30.0 Å². The summed E-state index contributed by atoms with van der Waals surface area (Å²) in [5, 5.41) is 5.65. The maximum atomic E-state index is 12.9. The van der Waals surface area contributed by atoms with E-state index in [0.29, 0.717) is 17.8 Å². The molecule has 0 radical (unpaired) electrons. The molecule has 0 saturated heterocycles. The summed E-state index contributed by atoms with van der Waals surface area (Å²) in [7, 11) is 1.73. The Labute approximate surface area is 155 Å². The zero-order valence-electron chi connectivity index (χ0n) is 14.1. The lowest BCUT2D eigenvalue weighted by molar-refractivity contribution is -0.118. The summed E-state index contributed by atoms with van der Waals surface area (Å²) in [5.41, 5.74) is 2.85. The van der Waals surface area contributed by atoms with Crippen LogP contribution in [0.15, 0.2) is 58.1 Å². The Kier molecular flexibility index (Phi) is 4.99. The molecule has 0 bridgehead atoms. The lowest BCUT2D eigenvalue weighted by Gasteiger charge is -2.26. The first-order chi connectivity index (χ1) is 12.0. The quantitative estimate of drug-likeness (QED) is 0.785. The van der Waals surface area contributed by atoms with Gasteiger partial charge in [0.15, 0.2) is 0 Å². The molecule has 0 atom stereocenters. The number of anilines is 2. The Hall–Kier alpha value is -2.47. The first-order valence-electron chi connectivity index (χ1n) is 7.97. The molecule has 0 spiro atoms. The molecule has 3 rings (SSSR count). The summed E-state index contributed by atoms with van der Waals surface area (Å²) in [6, 6.07) is 14.9. The number of rotatable bonds is 3. The molecule has 0 aromatic heterocycles. The highest BCUT2D eigenvalue weighted by molar-refractivity contribution is 9.10. The number of para-hydroxylation sites is 1. The van der Waals surface area contributed by atoms with Crippen LogP contribution in [0.25, 0.3) is 0 Å². The molecule has 128 valence electrons. The molecule has 0 aliphatic carbocycles. The van der Waals surface area contributed by atoms with E-state index in [1.54, 1.807) is 24.1 Å². The largest absolute Gasteiger partial charge is 0.310 e. The molecule has 0 saturated carbocycles. The third-order valence-electron chi connectivity index (χ3n) is 4.11. The number of carbonyl (C=O) groups excluding carboxylic acids is 2. The molecule has 1 heterocycles. The van der Waals surface area contributed by atoms with Crippen molar-refractivity contribution in [2.24, 2.45) is 5.10 Å². The van der Waals surface area contributed by atoms with Crippen LogP contribution in [-0.2, 0) is 9.59 Å². The van der Waals surface area contributed by atoms with E-state index >= 15 is 0 Å². The number of amides is 2. The average molecular weight is 400 g/mol. The number of halogens is 1. The fraction of sp³-hybridized carbons (Fsp3) is 0.211. The molecule has 2 amide bonds. The molecule has 5 nitrogen and oxygen atoms in total. The zero-order valence-corrected chi connectivity index (χ0v) is 15.7. The Morgan fingerprint density at radius 2 is 1.88 bits per heavy atom. The maximum Gasteiger partial charge on any atom is 0.274 e. The number of hydrazone groups is 1. The highest BCUT2D eigenvalue weighted by Gasteiger charge is 2.28. The SMILES string of the molecule is Cc1cc(Br)ccc1N(C)C(=O)C1=NN(c2ccccc2)C(=O)CC1. The van der Waals surface area contributed by atoms with Gasteiger partial charge in [-0.15, -0.1) is 0 Å². The van der Waals surface area contributed by atoms with Crippen molar-refractivity contribution in [1.29, 1.82) is 0 Å². The third kappa shape index (κ3) is 3.64. The first-order valence-corrected chi connectivity index (χ1v) is 8.76. The van der Waals surface area contributed by atoms with Gasteiger partial charge in [0.1, 0.15) is 5.71 Å². The van der Waals surface area contributed by atoms with Crippen molar-refractivity contribution in [2.45, 2.75) is 19.8 Å². The van der Waals surface area contributed by atoms with Crippen molar-refractivity contribution in [3.63, 3.8) is 0 Å². The number of hydrogen-bond donors (Lipinski definition) is 0. The summed E-state index contributed by atoms with van der Waals surface area (Å²) < 4.78 is 0.963. The van der Waals surface area contributed by atoms with Gasteiger partial charge in [-0.2, -0.15) is 5.10 Å². The van der Waals surface area contributed by atoms with Crippen LogP contribution >= 0.6 is 15.9 Å². The molecule has 1 aliphatic heterocycles. The van der Waals surface area contributed by atoms with Crippen LogP contribution in [-0.4, -0.2) is 24.6 Å². The molecule has 25 heavy (non-hydrogen) atoms. The molecular weight excluding hydrogens is 382 g/mol. The van der Waals surface area contributed by atoms with E-state index in [2.05, 4.69) is 21.0 Å². The van der Waals surface area contributed by atoms with Gasteiger partial charge in [-0.25, -0.2) is 5.01 Å². The second-order valence-electron chi connectivity index (χ2n) is 5.88. The van der Waals surface area contributed by atoms with Gasteiger partial charge in [0.05, 0.1) is 5.69 Å². The van der Waals surface area contributed by atoms with E-state index in [0.717, 1.165) is 15.7 Å². The van der Waals surface area contributed by atoms with Crippen LogP contribution in [0, 0.1) is 6.92 Å². The highest BCUT2D eigenvalue weighted by atomic mass is 79.9. The second-order valence-corrected chi connectivity index (χ2v) is 6.80. The number of benzene rings is 2. The van der Waals surface area contributed by atoms with Crippen molar-refractivity contribution in [1.82, 2.24) is 0 Å². The average Bonchev–Trinajstić information content (AvgIpc) is 2.62. The molecule has 0 N–H and O–H groups in total. The van der Waals surface area contributed by atoms with Crippen LogP contribution in [0.4, 0.5) is 11.4 Å². The van der Waals surface area contributed by atoms with Crippen molar-refractivity contribution >= 4 is 44.8 Å². The van der Waals surface area contributed by atoms with Crippen LogP contribution in [0.1, 0.15) is 18.4 Å². The lowest BCUT2D eigenvalue weighted by atomic mass is 10.1. The minimum atomic E-state index is -0.196. The molecule has 1 aliphatic rings. The summed E-state index contributed by atoms with van der Waals surface area (Å²) in [4.78, 5) is 26.6. The van der Waals surface area contributed by atoms with E-state index in [9.17, 15) is 9.59 Å². The van der Waals surface area contributed by atoms with Crippen molar-refractivity contribution in [2.75, 3.05) is 17.0 Å². The van der Waals surface area contributed by atoms with Gasteiger partial charge in [0.2, 0.25) is 5.91 Å².